The van der Waals surface area contributed by atoms with E-state index in [1.165, 1.54) is 10.6 Å². The second-order valence-corrected chi connectivity index (χ2v) is 6.77. The van der Waals surface area contributed by atoms with E-state index in [1.54, 1.807) is 0 Å². The maximum atomic E-state index is 12.4. The van der Waals surface area contributed by atoms with Crippen LogP contribution in [0.1, 0.15) is 67.0 Å². The topological polar surface area (TPSA) is 109 Å². The summed E-state index contributed by atoms with van der Waals surface area (Å²) in [6.45, 7) is 15.8. The van der Waals surface area contributed by atoms with Crippen molar-refractivity contribution in [3.05, 3.63) is 52.7 Å². The number of rotatable bonds is 3. The van der Waals surface area contributed by atoms with Crippen molar-refractivity contribution in [2.75, 3.05) is 0 Å². The van der Waals surface area contributed by atoms with Gasteiger partial charge >= 0.3 is 5.69 Å². The van der Waals surface area contributed by atoms with Crippen molar-refractivity contribution in [1.82, 2.24) is 24.3 Å². The Hall–Kier alpha value is -3.55. The highest BCUT2D eigenvalue weighted by Gasteiger charge is 2.21. The van der Waals surface area contributed by atoms with E-state index in [2.05, 4.69) is 15.2 Å². The van der Waals surface area contributed by atoms with Crippen LogP contribution in [0.5, 0.6) is 11.5 Å². The molecule has 0 saturated carbocycles. The quantitative estimate of drug-likeness (QED) is 0.366. The summed E-state index contributed by atoms with van der Waals surface area (Å²) in [6.07, 6.45) is 1.94. The number of aromatic nitrogens is 5. The standard InChI is InChI=1S/C19H19N5O3.3C2H6/c1-10(2)16-14(25)9-15(26)17(20-16)18-21-22-19(27)24(18)12-4-5-13-11(8-12)6-7-23(13)3;3*1-2/h4-10,25-26H,1-3H3,(H,22,27);3*1-2H3. The third kappa shape index (κ3) is 5.63. The van der Waals surface area contributed by atoms with Gasteiger partial charge in [0.2, 0.25) is 0 Å². The number of aromatic amines is 1. The summed E-state index contributed by atoms with van der Waals surface area (Å²) in [6, 6.07) is 8.77. The summed E-state index contributed by atoms with van der Waals surface area (Å²) in [7, 11) is 1.95. The molecule has 33 heavy (non-hydrogen) atoms. The number of fused-ring (bicyclic) bond motifs is 1. The van der Waals surface area contributed by atoms with Crippen molar-refractivity contribution < 1.29 is 10.2 Å². The Bertz CT molecular complexity index is 1220. The van der Waals surface area contributed by atoms with Crippen LogP contribution in [-0.4, -0.2) is 34.5 Å². The largest absolute Gasteiger partial charge is 0.506 e. The molecule has 8 nitrogen and oxygen atoms in total. The van der Waals surface area contributed by atoms with Crippen LogP contribution in [0.25, 0.3) is 28.1 Å². The Labute approximate surface area is 195 Å². The van der Waals surface area contributed by atoms with Gasteiger partial charge in [-0.3, -0.25) is 0 Å². The minimum atomic E-state index is -0.444. The van der Waals surface area contributed by atoms with E-state index in [0.29, 0.717) is 11.4 Å². The number of hydrogen-bond acceptors (Lipinski definition) is 5. The van der Waals surface area contributed by atoms with Gasteiger partial charge in [0.05, 0.1) is 11.4 Å². The first-order chi connectivity index (χ1) is 15.9. The molecule has 0 aliphatic heterocycles. The monoisotopic (exact) mass is 455 g/mol. The van der Waals surface area contributed by atoms with Gasteiger partial charge in [-0.2, -0.15) is 5.10 Å². The Balaban J connectivity index is 0.000000841. The fourth-order valence-corrected chi connectivity index (χ4v) is 3.20. The number of H-pyrrole nitrogens is 1. The van der Waals surface area contributed by atoms with Crippen LogP contribution in [0.3, 0.4) is 0 Å². The third-order valence-electron chi connectivity index (χ3n) is 4.57. The zero-order chi connectivity index (χ0) is 25.3. The highest BCUT2D eigenvalue weighted by Crippen LogP contribution is 2.34. The molecule has 4 aromatic rings. The summed E-state index contributed by atoms with van der Waals surface area (Å²) >= 11 is 0. The zero-order valence-corrected chi connectivity index (χ0v) is 21.1. The second-order valence-electron chi connectivity index (χ2n) is 6.77. The van der Waals surface area contributed by atoms with Gasteiger partial charge in [0.1, 0.15) is 11.5 Å². The molecule has 3 aromatic heterocycles. The molecule has 0 amide bonds. The Kier molecular flexibility index (Phi) is 10.4. The van der Waals surface area contributed by atoms with E-state index in [1.807, 2.05) is 97.5 Å². The summed E-state index contributed by atoms with van der Waals surface area (Å²) in [5.41, 5.74) is 1.74. The lowest BCUT2D eigenvalue weighted by atomic mass is 10.1. The molecule has 0 aliphatic rings. The third-order valence-corrected chi connectivity index (χ3v) is 4.57. The molecule has 0 radical (unpaired) electrons. The molecule has 4 rings (SSSR count). The van der Waals surface area contributed by atoms with Crippen molar-refractivity contribution in [2.24, 2.45) is 7.05 Å². The molecular weight excluding hydrogens is 418 g/mol. The normalized spacial score (nSPS) is 10.0. The van der Waals surface area contributed by atoms with Crippen LogP contribution < -0.4 is 5.69 Å². The van der Waals surface area contributed by atoms with Gasteiger partial charge in [0.15, 0.2) is 11.5 Å². The van der Waals surface area contributed by atoms with Gasteiger partial charge in [-0.1, -0.05) is 55.4 Å². The van der Waals surface area contributed by atoms with Crippen molar-refractivity contribution in [3.63, 3.8) is 0 Å². The first-order valence-electron chi connectivity index (χ1n) is 11.5. The van der Waals surface area contributed by atoms with Gasteiger partial charge in [0.25, 0.3) is 0 Å². The number of nitrogens with one attached hydrogen (secondary N) is 1. The summed E-state index contributed by atoms with van der Waals surface area (Å²) in [5.74, 6) is -0.238. The molecule has 0 unspecified atom stereocenters. The lowest BCUT2D eigenvalue weighted by molar-refractivity contribution is 0.438. The molecule has 0 aliphatic carbocycles. The fourth-order valence-electron chi connectivity index (χ4n) is 3.20. The van der Waals surface area contributed by atoms with E-state index in [0.717, 1.165) is 10.9 Å². The first kappa shape index (κ1) is 27.5. The molecule has 3 N–H and O–H groups in total. The van der Waals surface area contributed by atoms with E-state index in [-0.39, 0.29) is 28.9 Å². The fraction of sp³-hybridized carbons (Fsp3) is 0.400. The Morgan fingerprint density at radius 3 is 2.18 bits per heavy atom. The van der Waals surface area contributed by atoms with E-state index >= 15 is 0 Å². The van der Waals surface area contributed by atoms with Gasteiger partial charge in [0, 0.05) is 30.2 Å². The van der Waals surface area contributed by atoms with Crippen molar-refractivity contribution in [1.29, 1.82) is 0 Å². The molecule has 0 fully saturated rings. The number of nitrogens with zero attached hydrogens (tertiary/aromatic N) is 4. The molecule has 3 heterocycles. The number of benzene rings is 1. The number of hydrogen-bond donors (Lipinski definition) is 3. The highest BCUT2D eigenvalue weighted by atomic mass is 16.3. The Morgan fingerprint density at radius 2 is 1.58 bits per heavy atom. The number of aryl methyl sites for hydroxylation is 1. The molecule has 0 saturated heterocycles. The molecule has 0 atom stereocenters. The minimum absolute atomic E-state index is 0.0656. The van der Waals surface area contributed by atoms with Crippen molar-refractivity contribution >= 4 is 10.9 Å². The van der Waals surface area contributed by atoms with Crippen molar-refractivity contribution in [3.8, 4) is 28.7 Å². The molecule has 8 heteroatoms. The summed E-state index contributed by atoms with van der Waals surface area (Å²) in [4.78, 5) is 16.8. The molecule has 1 aromatic carbocycles. The van der Waals surface area contributed by atoms with Crippen molar-refractivity contribution in [2.45, 2.75) is 61.3 Å². The SMILES string of the molecule is CC.CC.CC.CC(C)c1nc(-c2n[nH]c(=O)n2-c2ccc3c(ccn3C)c2)c(O)cc1O. The smallest absolute Gasteiger partial charge is 0.348 e. The lowest BCUT2D eigenvalue weighted by Crippen LogP contribution is -2.16. The average Bonchev–Trinajstić information content (AvgIpc) is 3.39. The summed E-state index contributed by atoms with van der Waals surface area (Å²) in [5, 5.41) is 27.8. The van der Waals surface area contributed by atoms with Crippen LogP contribution in [0.4, 0.5) is 0 Å². The summed E-state index contributed by atoms with van der Waals surface area (Å²) < 4.78 is 3.34. The molecule has 0 spiro atoms. The molecule has 0 bridgehead atoms. The van der Waals surface area contributed by atoms with Crippen LogP contribution in [-0.2, 0) is 7.05 Å². The van der Waals surface area contributed by atoms with Crippen LogP contribution in [0.2, 0.25) is 0 Å². The number of pyridine rings is 1. The van der Waals surface area contributed by atoms with Gasteiger partial charge in [-0.05, 0) is 30.2 Å². The highest BCUT2D eigenvalue weighted by molar-refractivity contribution is 5.82. The van der Waals surface area contributed by atoms with Gasteiger partial charge in [-0.25, -0.2) is 19.4 Å². The number of aromatic hydroxyl groups is 2. The van der Waals surface area contributed by atoms with E-state index in [9.17, 15) is 15.0 Å². The van der Waals surface area contributed by atoms with Gasteiger partial charge in [-0.15, -0.1) is 0 Å². The predicted molar refractivity (Wildman–Crippen MR) is 135 cm³/mol. The van der Waals surface area contributed by atoms with Crippen LogP contribution >= 0.6 is 0 Å². The van der Waals surface area contributed by atoms with Crippen LogP contribution in [0, 0.1) is 0 Å². The Morgan fingerprint density at radius 1 is 0.939 bits per heavy atom. The van der Waals surface area contributed by atoms with E-state index in [4.69, 9.17) is 0 Å². The average molecular weight is 456 g/mol. The lowest BCUT2D eigenvalue weighted by Gasteiger charge is -2.12. The maximum absolute atomic E-state index is 12.4. The molecule has 180 valence electrons. The van der Waals surface area contributed by atoms with Crippen LogP contribution in [0.15, 0.2) is 41.3 Å². The van der Waals surface area contributed by atoms with Gasteiger partial charge < -0.3 is 14.8 Å². The second kappa shape index (κ2) is 12.5. The predicted octanol–water partition coefficient (Wildman–Crippen LogP) is 5.73. The zero-order valence-electron chi connectivity index (χ0n) is 21.1. The molecular formula is C25H37N5O3. The maximum Gasteiger partial charge on any atom is 0.348 e. The first-order valence-corrected chi connectivity index (χ1v) is 11.5. The van der Waals surface area contributed by atoms with E-state index < -0.39 is 5.69 Å². The minimum Gasteiger partial charge on any atom is -0.506 e.